The molecule has 2 aliphatic carbocycles. The molecule has 198 valence electrons. The lowest BCUT2D eigenvalue weighted by Gasteiger charge is -2.28. The van der Waals surface area contributed by atoms with Crippen molar-refractivity contribution in [2.24, 2.45) is 23.7 Å². The number of rotatable bonds is 6. The van der Waals surface area contributed by atoms with Crippen molar-refractivity contribution in [3.63, 3.8) is 0 Å². The van der Waals surface area contributed by atoms with Gasteiger partial charge >= 0.3 is 5.97 Å². The Kier molecular flexibility index (Phi) is 6.47. The van der Waals surface area contributed by atoms with Gasteiger partial charge in [0.25, 0.3) is 5.91 Å². The van der Waals surface area contributed by atoms with E-state index in [2.05, 4.69) is 17.4 Å². The molecule has 7 nitrogen and oxygen atoms in total. The van der Waals surface area contributed by atoms with Crippen LogP contribution in [0.3, 0.4) is 0 Å². The van der Waals surface area contributed by atoms with Gasteiger partial charge in [0.2, 0.25) is 11.8 Å². The molecule has 1 heterocycles. The molecule has 2 bridgehead atoms. The number of nitrogens with one attached hydrogen (secondary N) is 1. The van der Waals surface area contributed by atoms with Crippen molar-refractivity contribution in [1.82, 2.24) is 0 Å². The second-order valence-electron chi connectivity index (χ2n) is 10.6. The quantitative estimate of drug-likeness (QED) is 0.334. The molecule has 3 aromatic carbocycles. The Bertz CT molecular complexity index is 1490. The summed E-state index contributed by atoms with van der Waals surface area (Å²) in [5, 5.41) is 3.15. The number of anilines is 2. The molecule has 3 aromatic rings. The van der Waals surface area contributed by atoms with Gasteiger partial charge in [0, 0.05) is 10.7 Å². The van der Waals surface area contributed by atoms with Crippen molar-refractivity contribution in [1.29, 1.82) is 0 Å². The number of ether oxygens (including phenoxy) is 1. The van der Waals surface area contributed by atoms with Crippen molar-refractivity contribution in [3.05, 3.63) is 94.5 Å². The lowest BCUT2D eigenvalue weighted by atomic mass is 9.73. The summed E-state index contributed by atoms with van der Waals surface area (Å²) in [6, 6.07) is 21.6. The van der Waals surface area contributed by atoms with E-state index < -0.39 is 18.5 Å². The van der Waals surface area contributed by atoms with E-state index in [1.54, 1.807) is 30.3 Å². The summed E-state index contributed by atoms with van der Waals surface area (Å²) in [5.74, 6) is -1.67. The van der Waals surface area contributed by atoms with E-state index in [9.17, 15) is 19.2 Å². The molecule has 0 unspecified atom stereocenters. The van der Waals surface area contributed by atoms with Gasteiger partial charge in [-0.2, -0.15) is 0 Å². The van der Waals surface area contributed by atoms with Crippen LogP contribution in [0.4, 0.5) is 11.4 Å². The van der Waals surface area contributed by atoms with Gasteiger partial charge in [0.1, 0.15) is 0 Å². The highest BCUT2D eigenvalue weighted by atomic mass is 35.5. The monoisotopic (exact) mass is 542 g/mol. The maximum atomic E-state index is 13.6. The second kappa shape index (κ2) is 9.97. The second-order valence-corrected chi connectivity index (χ2v) is 11.0. The zero-order chi connectivity index (χ0) is 27.3. The molecule has 2 saturated carbocycles. The molecular weight excluding hydrogens is 516 g/mol. The smallest absolute Gasteiger partial charge is 0.338 e. The highest BCUT2D eigenvalue weighted by molar-refractivity contribution is 6.31. The van der Waals surface area contributed by atoms with Crippen molar-refractivity contribution in [2.75, 3.05) is 16.8 Å². The highest BCUT2D eigenvalue weighted by Crippen LogP contribution is 2.61. The van der Waals surface area contributed by atoms with Gasteiger partial charge in [-0.25, -0.2) is 4.79 Å². The van der Waals surface area contributed by atoms with Crippen LogP contribution in [0.15, 0.2) is 72.8 Å². The number of fused-ring (bicyclic) bond motifs is 5. The average molecular weight is 543 g/mol. The molecule has 39 heavy (non-hydrogen) atoms. The zero-order valence-corrected chi connectivity index (χ0v) is 22.1. The van der Waals surface area contributed by atoms with E-state index in [0.717, 1.165) is 18.4 Å². The predicted octanol–water partition coefficient (Wildman–Crippen LogP) is 5.37. The van der Waals surface area contributed by atoms with E-state index in [1.807, 2.05) is 25.1 Å². The first kappa shape index (κ1) is 25.3. The number of aryl methyl sites for hydroxylation is 1. The van der Waals surface area contributed by atoms with Crippen LogP contribution in [0, 0.1) is 30.6 Å². The van der Waals surface area contributed by atoms with Gasteiger partial charge < -0.3 is 10.1 Å². The van der Waals surface area contributed by atoms with E-state index in [-0.39, 0.29) is 47.0 Å². The van der Waals surface area contributed by atoms with E-state index in [4.69, 9.17) is 16.3 Å². The van der Waals surface area contributed by atoms with Gasteiger partial charge in [-0.3, -0.25) is 19.3 Å². The third-order valence-electron chi connectivity index (χ3n) is 8.39. The fraction of sp³-hybridized carbons (Fsp3) is 0.290. The van der Waals surface area contributed by atoms with E-state index in [1.165, 1.54) is 22.6 Å². The number of esters is 1. The molecule has 3 aliphatic rings. The van der Waals surface area contributed by atoms with Gasteiger partial charge in [0.05, 0.1) is 23.1 Å². The minimum Gasteiger partial charge on any atom is -0.452 e. The summed E-state index contributed by atoms with van der Waals surface area (Å²) >= 11 is 5.99. The lowest BCUT2D eigenvalue weighted by Crippen LogP contribution is -2.33. The highest BCUT2D eigenvalue weighted by Gasteiger charge is 2.64. The van der Waals surface area contributed by atoms with Crippen LogP contribution in [0.1, 0.15) is 40.2 Å². The van der Waals surface area contributed by atoms with Crippen LogP contribution in [-0.2, 0) is 19.1 Å². The SMILES string of the molecule is Cc1ccc(Cl)cc1NC(=O)COC(=O)c1cccc(N2C(=O)[C@@H]3[C@@H]4C[C@@H]([C@H]3C2=O)[C@@H](c2ccccc2)C4)c1. The van der Waals surface area contributed by atoms with Crippen LogP contribution in [-0.4, -0.2) is 30.3 Å². The number of amides is 3. The largest absolute Gasteiger partial charge is 0.452 e. The molecule has 0 radical (unpaired) electrons. The summed E-state index contributed by atoms with van der Waals surface area (Å²) in [6.45, 7) is 1.33. The number of hydrogen-bond donors (Lipinski definition) is 1. The lowest BCUT2D eigenvalue weighted by molar-refractivity contribution is -0.123. The van der Waals surface area contributed by atoms with E-state index in [0.29, 0.717) is 16.4 Å². The van der Waals surface area contributed by atoms with Crippen molar-refractivity contribution in [2.45, 2.75) is 25.7 Å². The molecular formula is C31H27ClN2O5. The summed E-state index contributed by atoms with van der Waals surface area (Å²) in [7, 11) is 0. The van der Waals surface area contributed by atoms with Crippen LogP contribution < -0.4 is 10.2 Å². The molecule has 1 N–H and O–H groups in total. The minimum absolute atomic E-state index is 0.138. The summed E-state index contributed by atoms with van der Waals surface area (Å²) in [4.78, 5) is 53.4. The molecule has 0 aromatic heterocycles. The number of imide groups is 1. The number of halogens is 1. The fourth-order valence-corrected chi connectivity index (χ4v) is 6.87. The molecule has 3 amide bonds. The van der Waals surface area contributed by atoms with Gasteiger partial charge in [-0.1, -0.05) is 54.1 Å². The Labute approximate surface area is 231 Å². The van der Waals surface area contributed by atoms with Gasteiger partial charge in [0.15, 0.2) is 6.61 Å². The third kappa shape index (κ3) is 4.51. The van der Waals surface area contributed by atoms with E-state index >= 15 is 0 Å². The Morgan fingerprint density at radius 3 is 2.51 bits per heavy atom. The normalized spacial score (nSPS) is 25.1. The molecule has 0 spiro atoms. The first-order valence-electron chi connectivity index (χ1n) is 13.1. The average Bonchev–Trinajstić information content (AvgIpc) is 3.61. The Morgan fingerprint density at radius 2 is 1.72 bits per heavy atom. The topological polar surface area (TPSA) is 92.8 Å². The first-order chi connectivity index (χ1) is 18.8. The standard InChI is InChI=1S/C31H27ClN2O5/c1-17-10-11-21(32)15-25(17)33-26(35)16-39-31(38)19-8-5-9-22(12-19)34-29(36)27-20-13-23(18-6-3-2-4-7-18)24(14-20)28(27)30(34)37/h2-12,15,20,23-24,27-28H,13-14,16H2,1H3,(H,33,35)/t20-,23+,24+,27+,28+/m0/s1. The van der Waals surface area contributed by atoms with Crippen molar-refractivity contribution >= 4 is 46.7 Å². The summed E-state index contributed by atoms with van der Waals surface area (Å²) in [6.07, 6.45) is 1.80. The fourth-order valence-electron chi connectivity index (χ4n) is 6.70. The third-order valence-corrected chi connectivity index (χ3v) is 8.63. The number of carbonyl (C=O) groups is 4. The first-order valence-corrected chi connectivity index (χ1v) is 13.5. The number of nitrogens with zero attached hydrogens (tertiary/aromatic N) is 1. The summed E-state index contributed by atoms with van der Waals surface area (Å²) in [5.41, 5.74) is 3.08. The molecule has 3 fully saturated rings. The Balaban J connectivity index is 1.14. The van der Waals surface area contributed by atoms with Crippen LogP contribution in [0.25, 0.3) is 0 Å². The number of carbonyl (C=O) groups excluding carboxylic acids is 4. The molecule has 5 atom stereocenters. The molecule has 1 aliphatic heterocycles. The Morgan fingerprint density at radius 1 is 0.949 bits per heavy atom. The summed E-state index contributed by atoms with van der Waals surface area (Å²) < 4.78 is 5.21. The van der Waals surface area contributed by atoms with Gasteiger partial charge in [-0.05, 0) is 79.0 Å². The minimum atomic E-state index is -0.724. The number of hydrogen-bond acceptors (Lipinski definition) is 5. The predicted molar refractivity (Wildman–Crippen MR) is 146 cm³/mol. The molecule has 6 rings (SSSR count). The van der Waals surface area contributed by atoms with Crippen LogP contribution in [0.5, 0.6) is 0 Å². The number of benzene rings is 3. The van der Waals surface area contributed by atoms with Crippen LogP contribution in [0.2, 0.25) is 5.02 Å². The maximum Gasteiger partial charge on any atom is 0.338 e. The Hall–Kier alpha value is -3.97. The van der Waals surface area contributed by atoms with Gasteiger partial charge in [-0.15, -0.1) is 0 Å². The van der Waals surface area contributed by atoms with Crippen LogP contribution >= 0.6 is 11.6 Å². The zero-order valence-electron chi connectivity index (χ0n) is 21.3. The molecule has 1 saturated heterocycles. The van der Waals surface area contributed by atoms with Crippen molar-refractivity contribution < 1.29 is 23.9 Å². The molecule has 8 heteroatoms. The maximum absolute atomic E-state index is 13.6. The van der Waals surface area contributed by atoms with Crippen molar-refractivity contribution in [3.8, 4) is 0 Å².